The van der Waals surface area contributed by atoms with Crippen molar-refractivity contribution in [3.8, 4) is 0 Å². The van der Waals surface area contributed by atoms with Crippen LogP contribution in [0.2, 0.25) is 0 Å². The number of nitrogens with zero attached hydrogens (tertiary/aromatic N) is 3. The van der Waals surface area contributed by atoms with E-state index < -0.39 is 103 Å². The summed E-state index contributed by atoms with van der Waals surface area (Å²) in [4.78, 5) is 132. The summed E-state index contributed by atoms with van der Waals surface area (Å²) in [5, 5.41) is 18.2. The molecule has 3 aliphatic rings. The van der Waals surface area contributed by atoms with Crippen molar-refractivity contribution >= 4 is 59.1 Å². The van der Waals surface area contributed by atoms with E-state index in [1.807, 2.05) is 13.8 Å². The molecular weight excluding hydrogens is 758 g/mol. The molecule has 58 heavy (non-hydrogen) atoms. The number of carbonyl (C=O) groups excluding carboxylic acids is 10. The predicted molar refractivity (Wildman–Crippen MR) is 208 cm³/mol. The van der Waals surface area contributed by atoms with Gasteiger partial charge in [0, 0.05) is 33.1 Å². The maximum Gasteiger partial charge on any atom is 0.246 e. The fourth-order valence-corrected chi connectivity index (χ4v) is 7.32. The van der Waals surface area contributed by atoms with E-state index in [-0.39, 0.29) is 50.0 Å². The molecule has 1 unspecified atom stereocenters. The number of nitrogens with two attached hydrogens (primary N) is 1. The Morgan fingerprint density at radius 3 is 2.14 bits per heavy atom. The highest BCUT2D eigenvalue weighted by Gasteiger charge is 2.43. The number of hydrogen-bond donors (Lipinski definition) is 8. The summed E-state index contributed by atoms with van der Waals surface area (Å²) < 4.78 is 0. The second-order valence-corrected chi connectivity index (χ2v) is 15.7. The minimum absolute atomic E-state index is 0.103. The van der Waals surface area contributed by atoms with Gasteiger partial charge in [0.25, 0.3) is 0 Å². The fraction of sp³-hybridized carbons (Fsp3) is 0.730. The molecule has 9 N–H and O–H groups in total. The molecule has 3 fully saturated rings. The van der Waals surface area contributed by atoms with Gasteiger partial charge in [0.1, 0.15) is 30.2 Å². The second kappa shape index (κ2) is 22.0. The van der Waals surface area contributed by atoms with Crippen LogP contribution in [0.1, 0.15) is 79.1 Å². The number of likely N-dealkylation sites (N-methyl/N-ethyl adjacent to an activating group) is 1. The Balaban J connectivity index is 1.52. The summed E-state index contributed by atoms with van der Waals surface area (Å²) in [5.74, 6) is -5.79. The lowest BCUT2D eigenvalue weighted by atomic mass is 10.0. The van der Waals surface area contributed by atoms with Crippen molar-refractivity contribution in [2.45, 2.75) is 121 Å². The van der Waals surface area contributed by atoms with Crippen LogP contribution in [0.25, 0.3) is 0 Å². The molecule has 10 amide bonds. The molecule has 324 valence electrons. The van der Waals surface area contributed by atoms with Gasteiger partial charge in [-0.2, -0.15) is 0 Å². The van der Waals surface area contributed by atoms with Crippen LogP contribution in [0, 0.1) is 5.92 Å². The molecule has 0 aliphatic carbocycles. The third kappa shape index (κ3) is 13.7. The van der Waals surface area contributed by atoms with Gasteiger partial charge in [0.2, 0.25) is 59.1 Å². The van der Waals surface area contributed by atoms with Crippen LogP contribution in [0.5, 0.6) is 0 Å². The number of likely N-dealkylation sites (tertiary alicyclic amines) is 2. The summed E-state index contributed by atoms with van der Waals surface area (Å²) in [6.45, 7) is 6.59. The van der Waals surface area contributed by atoms with E-state index in [1.165, 1.54) is 21.6 Å². The Hall–Kier alpha value is -5.34. The van der Waals surface area contributed by atoms with Gasteiger partial charge >= 0.3 is 0 Å². The van der Waals surface area contributed by atoms with Crippen LogP contribution in [-0.2, 0) is 47.9 Å². The predicted octanol–water partition coefficient (Wildman–Crippen LogP) is -4.06. The minimum Gasteiger partial charge on any atom is -0.370 e. The number of nitrogens with one attached hydrogen (secondary N) is 7. The standard InChI is InChI=1S/C37H61N11O10/c1-20(2)15-25(45-35(56)24(11-12-28(38)49)43-29(50)17-40-33(54)23-9-7-13-39-23)34(55)41-18-30(51)44-26-16-21(3)48(36(26)57)22(4)32(53)42-19-31(52)47-14-8-10-27(47)37(58)46(5)6/h20-27,39H,7-19H2,1-6H3,(H2,38,49)(H,40,54)(H,41,55)(H,42,53)(H,43,50)(H,44,51)(H,45,56)/t21?,22-,23-,24-,25-,26-,27-/m0/s1. The lowest BCUT2D eigenvalue weighted by molar-refractivity contribution is -0.143. The van der Waals surface area contributed by atoms with Gasteiger partial charge in [-0.05, 0) is 71.3 Å². The molecule has 0 spiro atoms. The molecular formula is C37H61N11O10. The molecule has 0 bridgehead atoms. The first-order valence-corrected chi connectivity index (χ1v) is 19.9. The third-order valence-corrected chi connectivity index (χ3v) is 10.3. The maximum atomic E-state index is 13.4. The monoisotopic (exact) mass is 819 g/mol. The SMILES string of the molecule is CC(C)C[C@H](NC(=O)[C@H](CCC(N)=O)NC(=O)CNC(=O)[C@@H]1CCCN1)C(=O)NCC(=O)N[C@H]1CC(C)N([C@@H](C)C(=O)NCC(=O)N2CCC[C@H]2C(=O)N(C)C)C1=O. The minimum atomic E-state index is -1.27. The van der Waals surface area contributed by atoms with E-state index in [2.05, 4.69) is 37.2 Å². The van der Waals surface area contributed by atoms with Crippen molar-refractivity contribution in [1.29, 1.82) is 0 Å². The summed E-state index contributed by atoms with van der Waals surface area (Å²) in [6, 6.07) is -5.88. The van der Waals surface area contributed by atoms with E-state index >= 15 is 0 Å². The number of rotatable bonds is 20. The number of hydrogen-bond acceptors (Lipinski definition) is 11. The van der Waals surface area contributed by atoms with Crippen LogP contribution < -0.4 is 43.0 Å². The highest BCUT2D eigenvalue weighted by molar-refractivity contribution is 5.97. The Bertz CT molecular complexity index is 1570. The molecule has 0 radical (unpaired) electrons. The molecule has 3 heterocycles. The normalized spacial score (nSPS) is 21.7. The zero-order valence-electron chi connectivity index (χ0n) is 34.3. The smallest absolute Gasteiger partial charge is 0.246 e. The van der Waals surface area contributed by atoms with Crippen LogP contribution in [-0.4, -0.2) is 163 Å². The van der Waals surface area contributed by atoms with Crippen molar-refractivity contribution in [3.63, 3.8) is 0 Å². The molecule has 0 aromatic carbocycles. The lowest BCUT2D eigenvalue weighted by Gasteiger charge is -2.29. The van der Waals surface area contributed by atoms with Gasteiger partial charge in [-0.15, -0.1) is 0 Å². The first-order chi connectivity index (χ1) is 27.3. The molecule has 3 saturated heterocycles. The number of carbonyl (C=O) groups is 10. The molecule has 0 aromatic heterocycles. The molecule has 21 nitrogen and oxygen atoms in total. The van der Waals surface area contributed by atoms with E-state index in [0.717, 1.165) is 6.42 Å². The molecule has 7 atom stereocenters. The zero-order chi connectivity index (χ0) is 43.3. The zero-order valence-corrected chi connectivity index (χ0v) is 34.3. The van der Waals surface area contributed by atoms with Gasteiger partial charge in [-0.25, -0.2) is 0 Å². The van der Waals surface area contributed by atoms with Gasteiger partial charge in [-0.3, -0.25) is 47.9 Å². The van der Waals surface area contributed by atoms with Gasteiger partial charge in [-0.1, -0.05) is 13.8 Å². The van der Waals surface area contributed by atoms with Crippen molar-refractivity contribution < 1.29 is 47.9 Å². The molecule has 0 saturated carbocycles. The van der Waals surface area contributed by atoms with Gasteiger partial charge in [0.15, 0.2) is 0 Å². The first kappa shape index (κ1) is 47.0. The number of amides is 10. The first-order valence-electron chi connectivity index (χ1n) is 19.9. The maximum absolute atomic E-state index is 13.4. The van der Waals surface area contributed by atoms with E-state index in [0.29, 0.717) is 32.4 Å². The topological polar surface area (TPSA) is 291 Å². The fourth-order valence-electron chi connectivity index (χ4n) is 7.32. The largest absolute Gasteiger partial charge is 0.370 e. The van der Waals surface area contributed by atoms with Gasteiger partial charge in [0.05, 0.1) is 25.7 Å². The van der Waals surface area contributed by atoms with Crippen molar-refractivity contribution in [2.24, 2.45) is 11.7 Å². The Kier molecular flexibility index (Phi) is 17.8. The van der Waals surface area contributed by atoms with Crippen molar-refractivity contribution in [3.05, 3.63) is 0 Å². The third-order valence-electron chi connectivity index (χ3n) is 10.3. The molecule has 3 rings (SSSR count). The van der Waals surface area contributed by atoms with Gasteiger partial charge < -0.3 is 57.7 Å². The van der Waals surface area contributed by atoms with E-state index in [9.17, 15) is 47.9 Å². The highest BCUT2D eigenvalue weighted by atomic mass is 16.2. The Morgan fingerprint density at radius 2 is 1.52 bits per heavy atom. The Labute approximate surface area is 338 Å². The summed E-state index contributed by atoms with van der Waals surface area (Å²) >= 11 is 0. The second-order valence-electron chi connectivity index (χ2n) is 15.7. The summed E-state index contributed by atoms with van der Waals surface area (Å²) in [7, 11) is 3.22. The van der Waals surface area contributed by atoms with Crippen molar-refractivity contribution in [2.75, 3.05) is 46.8 Å². The quantitative estimate of drug-likeness (QED) is 0.0585. The summed E-state index contributed by atoms with van der Waals surface area (Å²) in [5.41, 5.74) is 5.28. The molecule has 3 aliphatic heterocycles. The molecule has 21 heteroatoms. The van der Waals surface area contributed by atoms with Crippen LogP contribution in [0.3, 0.4) is 0 Å². The average molecular weight is 820 g/mol. The Morgan fingerprint density at radius 1 is 0.845 bits per heavy atom. The number of primary amides is 1. The van der Waals surface area contributed by atoms with E-state index in [4.69, 9.17) is 5.73 Å². The van der Waals surface area contributed by atoms with Crippen molar-refractivity contribution in [1.82, 2.24) is 51.9 Å². The summed E-state index contributed by atoms with van der Waals surface area (Å²) in [6.07, 6.45) is 2.53. The lowest BCUT2D eigenvalue weighted by Crippen LogP contribution is -2.56. The van der Waals surface area contributed by atoms with Crippen LogP contribution >= 0.6 is 0 Å². The highest BCUT2D eigenvalue weighted by Crippen LogP contribution is 2.23. The van der Waals surface area contributed by atoms with Crippen LogP contribution in [0.15, 0.2) is 0 Å². The van der Waals surface area contributed by atoms with E-state index in [1.54, 1.807) is 21.0 Å². The van der Waals surface area contributed by atoms with Crippen LogP contribution in [0.4, 0.5) is 0 Å². The molecule has 0 aromatic rings. The average Bonchev–Trinajstić information content (AvgIpc) is 3.93.